The number of aromatic nitrogens is 1. The van der Waals surface area contributed by atoms with Gasteiger partial charge in [-0.25, -0.2) is 0 Å². The number of rotatable bonds is 4. The average Bonchev–Trinajstić information content (AvgIpc) is 2.78. The second-order valence-corrected chi connectivity index (χ2v) is 8.13. The average molecular weight is 382 g/mol. The second-order valence-electron chi connectivity index (χ2n) is 8.13. The van der Waals surface area contributed by atoms with E-state index in [1.165, 1.54) is 33.5 Å². The molecule has 4 aromatic rings. The lowest BCUT2D eigenvalue weighted by molar-refractivity contribution is -0.665. The summed E-state index contributed by atoms with van der Waals surface area (Å²) in [6, 6.07) is 24.5. The fourth-order valence-electron chi connectivity index (χ4n) is 4.11. The highest BCUT2D eigenvalue weighted by Gasteiger charge is 2.20. The zero-order valence-corrected chi connectivity index (χ0v) is 18.1. The summed E-state index contributed by atoms with van der Waals surface area (Å²) in [7, 11) is 2.08. The zero-order chi connectivity index (χ0) is 21.4. The van der Waals surface area contributed by atoms with Crippen LogP contribution in [0.3, 0.4) is 0 Å². The van der Waals surface area contributed by atoms with Crippen LogP contribution >= 0.6 is 0 Å². The number of pyridine rings is 1. The molecule has 1 heterocycles. The summed E-state index contributed by atoms with van der Waals surface area (Å²) < 4.78 is 10.9. The van der Waals surface area contributed by atoms with E-state index >= 15 is 0 Å². The van der Waals surface area contributed by atoms with E-state index in [1.807, 2.05) is 0 Å². The number of hydrogen-bond acceptors (Lipinski definition) is 0. The Morgan fingerprint density at radius 3 is 2.38 bits per heavy atom. The van der Waals surface area contributed by atoms with Crippen molar-refractivity contribution >= 4 is 10.8 Å². The number of nitrogens with zero attached hydrogens (tertiary/aromatic N) is 1. The zero-order valence-electron chi connectivity index (χ0n) is 19.1. The van der Waals surface area contributed by atoms with Crippen molar-refractivity contribution in [1.29, 1.82) is 0 Å². The van der Waals surface area contributed by atoms with Gasteiger partial charge in [0.1, 0.15) is 7.05 Å². The second kappa shape index (κ2) is 7.83. The fraction of sp³-hybridized carbons (Fsp3) is 0.250. The van der Waals surface area contributed by atoms with Crippen LogP contribution in [0, 0.1) is 13.8 Å². The molecule has 0 saturated heterocycles. The van der Waals surface area contributed by atoms with Crippen LogP contribution in [0.4, 0.5) is 0 Å². The van der Waals surface area contributed by atoms with Crippen molar-refractivity contribution in [2.24, 2.45) is 7.05 Å². The SMILES string of the molecule is [2H]c1c(C)[n+](C)c(-c2ccc(-c3ccccc3)cc2C)c2ccc(C(C)CC)cc12. The monoisotopic (exact) mass is 381 g/mol. The van der Waals surface area contributed by atoms with Crippen molar-refractivity contribution in [3.63, 3.8) is 0 Å². The lowest BCUT2D eigenvalue weighted by atomic mass is 9.92. The molecule has 1 unspecified atom stereocenters. The molecule has 0 aliphatic heterocycles. The molecule has 3 aromatic carbocycles. The molecule has 1 heteroatoms. The Morgan fingerprint density at radius 2 is 1.69 bits per heavy atom. The molecule has 29 heavy (non-hydrogen) atoms. The van der Waals surface area contributed by atoms with E-state index in [9.17, 15) is 0 Å². The molecular formula is C28H30N+. The summed E-state index contributed by atoms with van der Waals surface area (Å²) in [6.07, 6.45) is 1.10. The van der Waals surface area contributed by atoms with E-state index in [2.05, 4.69) is 106 Å². The van der Waals surface area contributed by atoms with Crippen molar-refractivity contribution in [3.8, 4) is 22.4 Å². The first-order valence-electron chi connectivity index (χ1n) is 11.0. The van der Waals surface area contributed by atoms with Gasteiger partial charge in [-0.15, -0.1) is 0 Å². The van der Waals surface area contributed by atoms with Gasteiger partial charge in [-0.1, -0.05) is 68.4 Å². The van der Waals surface area contributed by atoms with Crippen LogP contribution in [0.2, 0.25) is 0 Å². The first-order chi connectivity index (χ1) is 14.4. The maximum Gasteiger partial charge on any atom is 0.220 e. The van der Waals surface area contributed by atoms with Crippen molar-refractivity contribution in [1.82, 2.24) is 0 Å². The molecule has 146 valence electrons. The third kappa shape index (κ3) is 3.58. The Hall–Kier alpha value is -2.93. The Morgan fingerprint density at radius 1 is 0.931 bits per heavy atom. The van der Waals surface area contributed by atoms with Crippen molar-refractivity contribution in [2.75, 3.05) is 0 Å². The Kier molecular flexibility index (Phi) is 4.89. The lowest BCUT2D eigenvalue weighted by Crippen LogP contribution is -2.35. The quantitative estimate of drug-likeness (QED) is 0.331. The molecule has 0 aliphatic carbocycles. The predicted octanol–water partition coefficient (Wildman–Crippen LogP) is 7.13. The van der Waals surface area contributed by atoms with Crippen molar-refractivity contribution < 1.29 is 5.94 Å². The standard InChI is InChI=1S/C28H30N/c1-6-19(2)23-12-15-27-25(18-23)17-21(4)29(5)28(27)26-14-13-24(16-20(26)3)22-10-8-7-9-11-22/h7-19H,6H2,1-5H3/q+1/i17D. The normalized spacial score (nSPS) is 12.8. The maximum atomic E-state index is 8.76. The molecule has 0 aliphatic rings. The summed E-state index contributed by atoms with van der Waals surface area (Å²) >= 11 is 0. The molecule has 0 bridgehead atoms. The summed E-state index contributed by atoms with van der Waals surface area (Å²) in [5.74, 6) is 0.499. The smallest absolute Gasteiger partial charge is 0.198 e. The first-order valence-corrected chi connectivity index (χ1v) is 10.5. The third-order valence-electron chi connectivity index (χ3n) is 6.22. The van der Waals surface area contributed by atoms with Crippen LogP contribution in [0.15, 0.2) is 72.8 Å². The summed E-state index contributed by atoms with van der Waals surface area (Å²) in [6.45, 7) is 8.71. The van der Waals surface area contributed by atoms with E-state index in [1.54, 1.807) is 0 Å². The van der Waals surface area contributed by atoms with E-state index in [0.29, 0.717) is 12.0 Å². The number of fused-ring (bicyclic) bond motifs is 1. The highest BCUT2D eigenvalue weighted by Crippen LogP contribution is 2.33. The van der Waals surface area contributed by atoms with E-state index in [4.69, 9.17) is 1.37 Å². The van der Waals surface area contributed by atoms with Gasteiger partial charge in [0, 0.05) is 18.5 Å². The van der Waals surface area contributed by atoms with Gasteiger partial charge in [0.15, 0.2) is 5.69 Å². The molecule has 0 amide bonds. The van der Waals surface area contributed by atoms with E-state index < -0.39 is 0 Å². The first kappa shape index (κ1) is 18.1. The van der Waals surface area contributed by atoms with Crippen LogP contribution in [0.5, 0.6) is 0 Å². The lowest BCUT2D eigenvalue weighted by Gasteiger charge is -2.14. The Bertz CT molecular complexity index is 1220. The topological polar surface area (TPSA) is 3.88 Å². The van der Waals surface area contributed by atoms with Gasteiger partial charge in [0.05, 0.1) is 6.76 Å². The molecule has 0 saturated carbocycles. The number of benzene rings is 3. The summed E-state index contributed by atoms with van der Waals surface area (Å²) in [5.41, 5.74) is 8.43. The maximum absolute atomic E-state index is 8.76. The summed E-state index contributed by atoms with van der Waals surface area (Å²) in [5, 5.41) is 2.20. The molecule has 1 aromatic heterocycles. The van der Waals surface area contributed by atoms with Gasteiger partial charge < -0.3 is 0 Å². The molecule has 0 spiro atoms. The molecule has 1 atom stereocenters. The Labute approximate surface area is 176 Å². The molecule has 0 fully saturated rings. The van der Waals surface area contributed by atoms with Gasteiger partial charge in [-0.2, -0.15) is 4.57 Å². The molecule has 4 rings (SSSR count). The Balaban J connectivity index is 1.94. The molecule has 1 nitrogen and oxygen atoms in total. The summed E-state index contributed by atoms with van der Waals surface area (Å²) in [4.78, 5) is 0. The van der Waals surface area contributed by atoms with Crippen molar-refractivity contribution in [3.05, 3.63) is 89.6 Å². The highest BCUT2D eigenvalue weighted by atomic mass is 14.9. The van der Waals surface area contributed by atoms with Crippen LogP contribution in [-0.2, 0) is 7.05 Å². The van der Waals surface area contributed by atoms with Crippen LogP contribution in [-0.4, -0.2) is 0 Å². The van der Waals surface area contributed by atoms with Gasteiger partial charge >= 0.3 is 0 Å². The van der Waals surface area contributed by atoms with Gasteiger partial charge in [-0.05, 0) is 59.0 Å². The molecular weight excluding hydrogens is 350 g/mol. The van der Waals surface area contributed by atoms with Crippen LogP contribution in [0.25, 0.3) is 33.2 Å². The largest absolute Gasteiger partial charge is 0.220 e. The van der Waals surface area contributed by atoms with Crippen LogP contribution < -0.4 is 4.57 Å². The highest BCUT2D eigenvalue weighted by molar-refractivity contribution is 5.94. The van der Waals surface area contributed by atoms with E-state index in [-0.39, 0.29) is 0 Å². The van der Waals surface area contributed by atoms with Gasteiger partial charge in [0.2, 0.25) is 5.69 Å². The number of aryl methyl sites for hydroxylation is 1. The third-order valence-corrected chi connectivity index (χ3v) is 6.22. The minimum atomic E-state index is 0.499. The van der Waals surface area contributed by atoms with Gasteiger partial charge in [0.25, 0.3) is 0 Å². The van der Waals surface area contributed by atoms with Crippen LogP contribution in [0.1, 0.15) is 44.4 Å². The number of hydrogen-bond donors (Lipinski definition) is 0. The van der Waals surface area contributed by atoms with E-state index in [0.717, 1.165) is 22.9 Å². The predicted molar refractivity (Wildman–Crippen MR) is 124 cm³/mol. The van der Waals surface area contributed by atoms with Crippen molar-refractivity contribution in [2.45, 2.75) is 40.0 Å². The minimum Gasteiger partial charge on any atom is -0.198 e. The fourth-order valence-corrected chi connectivity index (χ4v) is 4.11. The molecule has 0 N–H and O–H groups in total. The molecule has 0 radical (unpaired) electrons. The van der Waals surface area contributed by atoms with Gasteiger partial charge in [-0.3, -0.25) is 0 Å². The minimum absolute atomic E-state index is 0.499.